The largest absolute Gasteiger partial charge is 0.491 e. The third-order valence-corrected chi connectivity index (χ3v) is 10.6. The molecule has 0 spiro atoms. The molecule has 0 saturated heterocycles. The lowest BCUT2D eigenvalue weighted by molar-refractivity contribution is -0.143. The molecule has 1 heterocycles. The molecule has 1 fully saturated rings. The quantitative estimate of drug-likeness (QED) is 0.103. The lowest BCUT2D eigenvalue weighted by Crippen LogP contribution is -2.58. The summed E-state index contributed by atoms with van der Waals surface area (Å²) in [5, 5.41) is 32.8. The average Bonchev–Trinajstić information content (AvgIpc) is 3.56. The van der Waals surface area contributed by atoms with Gasteiger partial charge in [0.1, 0.15) is 24.4 Å². The minimum atomic E-state index is -1.10. The van der Waals surface area contributed by atoms with Crippen molar-refractivity contribution in [1.29, 1.82) is 0 Å². The molecule has 2 aromatic rings. The Morgan fingerprint density at radius 3 is 2.29 bits per heavy atom. The first-order valence-corrected chi connectivity index (χ1v) is 20.3. The number of aliphatic hydroxyl groups excluding tert-OH is 2. The molecule has 304 valence electrons. The number of hydrogen-bond acceptors (Lipinski definition) is 8. The van der Waals surface area contributed by atoms with Gasteiger partial charge in [-0.15, -0.1) is 0 Å². The number of rotatable bonds is 21. The maximum absolute atomic E-state index is 14.6. The molecule has 4 rings (SSSR count). The van der Waals surface area contributed by atoms with E-state index in [4.69, 9.17) is 4.74 Å². The monoisotopic (exact) mass is 763 g/mol. The average molecular weight is 764 g/mol. The second-order valence-electron chi connectivity index (χ2n) is 16.2. The Balaban J connectivity index is 1.61. The summed E-state index contributed by atoms with van der Waals surface area (Å²) in [6, 6.07) is 12.1. The van der Waals surface area contributed by atoms with Crippen LogP contribution in [0, 0.1) is 17.8 Å². The minimum Gasteiger partial charge on any atom is -0.491 e. The molecule has 1 saturated carbocycles. The lowest BCUT2D eigenvalue weighted by atomic mass is 9.83. The van der Waals surface area contributed by atoms with E-state index in [9.17, 15) is 29.4 Å². The molecule has 12 nitrogen and oxygen atoms in total. The van der Waals surface area contributed by atoms with Crippen LogP contribution in [0.2, 0.25) is 0 Å². The fourth-order valence-electron chi connectivity index (χ4n) is 7.78. The number of carbonyl (C=O) groups is 4. The zero-order chi connectivity index (χ0) is 39.9. The van der Waals surface area contributed by atoms with E-state index in [2.05, 4.69) is 21.3 Å². The highest BCUT2D eigenvalue weighted by Gasteiger charge is 2.40. The molecule has 3 unspecified atom stereocenters. The number of fused-ring (bicyclic) bond motifs is 1. The molecule has 0 radical (unpaired) electrons. The Kier molecular flexibility index (Phi) is 17.4. The summed E-state index contributed by atoms with van der Waals surface area (Å²) >= 11 is 0. The molecule has 2 aromatic carbocycles. The van der Waals surface area contributed by atoms with Crippen LogP contribution in [0.4, 0.5) is 0 Å². The maximum Gasteiger partial charge on any atom is 0.243 e. The SMILES string of the molecule is CC(=O)N(C1COc2ccc(CNCCO)cc21)[C@@H](Cc1ccccc1)C(=O)N[C@@H](CC(C)C)C(=O)NC(CC1CCCCC1)C(O)CC(=O)NCC(C)C. The summed E-state index contributed by atoms with van der Waals surface area (Å²) in [6.45, 7) is 11.0. The molecule has 1 aliphatic carbocycles. The number of carbonyl (C=O) groups excluding carboxylic acids is 4. The first kappa shape index (κ1) is 43.7. The standard InChI is InChI=1S/C43H65N5O7/c1-28(2)20-36(42(53)46-35(22-31-12-8-6-9-13-31)39(51)24-41(52)45-25-29(3)4)47-43(54)37(23-32-14-10-7-11-15-32)48(30(5)50)38-27-55-40-17-16-33(21-34(38)40)26-44-18-19-49/h7,10-11,14-17,21,28-29,31,35-39,44,49,51H,6,8-9,12-13,18-20,22-27H2,1-5H3,(H,45,52)(H,46,53)(H,47,54)/t35?,36-,37-,38?,39?/m0/s1. The normalized spacial score (nSPS) is 17.8. The molecular weight excluding hydrogens is 699 g/mol. The van der Waals surface area contributed by atoms with Gasteiger partial charge in [0.05, 0.1) is 31.2 Å². The number of nitrogens with one attached hydrogen (secondary N) is 4. The molecule has 12 heteroatoms. The van der Waals surface area contributed by atoms with Crippen molar-refractivity contribution in [3.63, 3.8) is 0 Å². The number of benzene rings is 2. The number of nitrogens with zero attached hydrogens (tertiary/aromatic N) is 1. The van der Waals surface area contributed by atoms with E-state index in [0.29, 0.717) is 44.1 Å². The summed E-state index contributed by atoms with van der Waals surface area (Å²) in [7, 11) is 0. The Bertz CT molecular complexity index is 1530. The second kappa shape index (κ2) is 21.9. The van der Waals surface area contributed by atoms with Crippen LogP contribution in [0.25, 0.3) is 0 Å². The third-order valence-electron chi connectivity index (χ3n) is 10.6. The highest BCUT2D eigenvalue weighted by atomic mass is 16.5. The lowest BCUT2D eigenvalue weighted by Gasteiger charge is -2.36. The van der Waals surface area contributed by atoms with Gasteiger partial charge in [-0.25, -0.2) is 0 Å². The molecule has 2 aliphatic rings. The van der Waals surface area contributed by atoms with E-state index in [1.54, 1.807) is 4.90 Å². The van der Waals surface area contributed by atoms with Crippen LogP contribution in [-0.4, -0.2) is 89.3 Å². The Hall–Kier alpha value is -4.00. The Morgan fingerprint density at radius 2 is 1.64 bits per heavy atom. The van der Waals surface area contributed by atoms with Crippen LogP contribution in [0.5, 0.6) is 5.75 Å². The number of hydrogen-bond donors (Lipinski definition) is 6. The summed E-state index contributed by atoms with van der Waals surface area (Å²) in [4.78, 5) is 56.9. The predicted molar refractivity (Wildman–Crippen MR) is 213 cm³/mol. The topological polar surface area (TPSA) is 169 Å². The first-order chi connectivity index (χ1) is 26.4. The van der Waals surface area contributed by atoms with Gasteiger partial charge in [-0.2, -0.15) is 0 Å². The van der Waals surface area contributed by atoms with Crippen molar-refractivity contribution >= 4 is 23.6 Å². The fraction of sp³-hybridized carbons (Fsp3) is 0.628. The van der Waals surface area contributed by atoms with E-state index in [1.807, 2.05) is 76.2 Å². The van der Waals surface area contributed by atoms with E-state index in [1.165, 1.54) is 13.3 Å². The van der Waals surface area contributed by atoms with Crippen molar-refractivity contribution in [3.05, 3.63) is 65.2 Å². The number of amides is 4. The predicted octanol–water partition coefficient (Wildman–Crippen LogP) is 4.17. The molecule has 0 bridgehead atoms. The first-order valence-electron chi connectivity index (χ1n) is 20.3. The van der Waals surface area contributed by atoms with Crippen LogP contribution in [-0.2, 0) is 32.1 Å². The van der Waals surface area contributed by atoms with Gasteiger partial charge in [-0.05, 0) is 53.9 Å². The summed E-state index contributed by atoms with van der Waals surface area (Å²) in [5.74, 6) is -0.224. The van der Waals surface area contributed by atoms with Gasteiger partial charge in [-0.1, -0.05) is 96.2 Å². The van der Waals surface area contributed by atoms with Gasteiger partial charge in [-0.3, -0.25) is 19.2 Å². The summed E-state index contributed by atoms with van der Waals surface area (Å²) < 4.78 is 6.06. The zero-order valence-electron chi connectivity index (χ0n) is 33.5. The van der Waals surface area contributed by atoms with Gasteiger partial charge >= 0.3 is 0 Å². The summed E-state index contributed by atoms with van der Waals surface area (Å²) in [5.41, 5.74) is 2.59. The van der Waals surface area contributed by atoms with Gasteiger partial charge in [0.25, 0.3) is 0 Å². The van der Waals surface area contributed by atoms with Gasteiger partial charge in [0.15, 0.2) is 0 Å². The van der Waals surface area contributed by atoms with Crippen molar-refractivity contribution < 1.29 is 34.1 Å². The molecule has 1 aliphatic heterocycles. The number of aliphatic hydroxyl groups is 2. The van der Waals surface area contributed by atoms with Gasteiger partial charge < -0.3 is 41.1 Å². The highest BCUT2D eigenvalue weighted by Crippen LogP contribution is 2.38. The third kappa shape index (κ3) is 13.6. The van der Waals surface area contributed by atoms with Gasteiger partial charge in [0.2, 0.25) is 23.6 Å². The van der Waals surface area contributed by atoms with Crippen LogP contribution in [0.1, 0.15) is 109 Å². The van der Waals surface area contributed by atoms with Gasteiger partial charge in [0, 0.05) is 38.5 Å². The highest BCUT2D eigenvalue weighted by molar-refractivity contribution is 5.92. The molecule has 5 atom stereocenters. The fourth-order valence-corrected chi connectivity index (χ4v) is 7.78. The molecular formula is C43H65N5O7. The van der Waals surface area contributed by atoms with Crippen LogP contribution in [0.3, 0.4) is 0 Å². The van der Waals surface area contributed by atoms with Crippen molar-refractivity contribution in [2.45, 2.75) is 129 Å². The number of ether oxygens (including phenoxy) is 1. The summed E-state index contributed by atoms with van der Waals surface area (Å²) in [6.07, 6.45) is 5.20. The van der Waals surface area contributed by atoms with Crippen molar-refractivity contribution in [2.24, 2.45) is 17.8 Å². The van der Waals surface area contributed by atoms with Crippen LogP contribution < -0.4 is 26.0 Å². The van der Waals surface area contributed by atoms with E-state index >= 15 is 0 Å². The molecule has 55 heavy (non-hydrogen) atoms. The van der Waals surface area contributed by atoms with Crippen LogP contribution in [0.15, 0.2) is 48.5 Å². The second-order valence-corrected chi connectivity index (χ2v) is 16.2. The van der Waals surface area contributed by atoms with E-state index in [-0.39, 0.29) is 49.7 Å². The maximum atomic E-state index is 14.6. The molecule has 0 aromatic heterocycles. The molecule has 6 N–H and O–H groups in total. The molecule has 4 amide bonds. The smallest absolute Gasteiger partial charge is 0.243 e. The van der Waals surface area contributed by atoms with Crippen LogP contribution >= 0.6 is 0 Å². The zero-order valence-corrected chi connectivity index (χ0v) is 33.5. The van der Waals surface area contributed by atoms with Crippen molar-refractivity contribution in [2.75, 3.05) is 26.3 Å². The van der Waals surface area contributed by atoms with Crippen molar-refractivity contribution in [1.82, 2.24) is 26.2 Å². The minimum absolute atomic E-state index is 0.0121. The van der Waals surface area contributed by atoms with Crippen molar-refractivity contribution in [3.8, 4) is 5.75 Å². The van der Waals surface area contributed by atoms with E-state index in [0.717, 1.165) is 42.4 Å². The Morgan fingerprint density at radius 1 is 0.909 bits per heavy atom. The van der Waals surface area contributed by atoms with E-state index < -0.39 is 42.1 Å². The Labute approximate surface area is 327 Å².